The molecule has 0 aliphatic carbocycles. The Hall–Kier alpha value is -1.09. The Morgan fingerprint density at radius 1 is 1.58 bits per heavy atom. The van der Waals surface area contributed by atoms with Gasteiger partial charge in [0.15, 0.2) is 5.78 Å². The van der Waals surface area contributed by atoms with E-state index in [1.807, 2.05) is 0 Å². The molecule has 12 heavy (non-hydrogen) atoms. The molecular weight excluding hydrogens is 183 g/mol. The largest absolute Gasteiger partial charge is 0.506 e. The zero-order chi connectivity index (χ0) is 9.30. The van der Waals surface area contributed by atoms with Crippen LogP contribution in [0.15, 0.2) is 12.1 Å². The van der Waals surface area contributed by atoms with Crippen molar-refractivity contribution in [2.24, 2.45) is 0 Å². The standard InChI is InChI=1S/C8H6ClFO2/c1-4(11)5-2-6(10)8(9)7(12)3-5/h2-3,12H,1H3. The van der Waals surface area contributed by atoms with Crippen LogP contribution in [0.25, 0.3) is 0 Å². The van der Waals surface area contributed by atoms with E-state index in [2.05, 4.69) is 0 Å². The molecule has 0 amide bonds. The van der Waals surface area contributed by atoms with Gasteiger partial charge in [-0.25, -0.2) is 4.39 Å². The molecule has 1 rings (SSSR count). The quantitative estimate of drug-likeness (QED) is 0.687. The highest BCUT2D eigenvalue weighted by Crippen LogP contribution is 2.27. The number of phenolic OH excluding ortho intramolecular Hbond substituents is 1. The Bertz CT molecular complexity index is 313. The lowest BCUT2D eigenvalue weighted by Crippen LogP contribution is -1.93. The molecule has 0 atom stereocenters. The number of halogens is 2. The Kier molecular flexibility index (Phi) is 2.33. The van der Waals surface area contributed by atoms with E-state index in [-0.39, 0.29) is 16.4 Å². The maximum Gasteiger partial charge on any atom is 0.160 e. The fraction of sp³-hybridized carbons (Fsp3) is 0.125. The molecule has 64 valence electrons. The molecule has 0 saturated carbocycles. The number of benzene rings is 1. The van der Waals surface area contributed by atoms with Crippen molar-refractivity contribution in [3.63, 3.8) is 0 Å². The molecule has 0 radical (unpaired) electrons. The number of ketones is 1. The van der Waals surface area contributed by atoms with Gasteiger partial charge in [-0.1, -0.05) is 11.6 Å². The van der Waals surface area contributed by atoms with Crippen molar-refractivity contribution in [3.8, 4) is 5.75 Å². The van der Waals surface area contributed by atoms with E-state index in [1.54, 1.807) is 0 Å². The van der Waals surface area contributed by atoms with Crippen LogP contribution >= 0.6 is 11.6 Å². The van der Waals surface area contributed by atoms with Gasteiger partial charge in [0.05, 0.1) is 0 Å². The first-order chi connectivity index (χ1) is 5.52. The summed E-state index contributed by atoms with van der Waals surface area (Å²) in [5, 5.41) is 8.64. The van der Waals surface area contributed by atoms with Crippen LogP contribution in [0.4, 0.5) is 4.39 Å². The molecule has 0 spiro atoms. The third-order valence-corrected chi connectivity index (χ3v) is 1.79. The highest BCUT2D eigenvalue weighted by Gasteiger charge is 2.09. The molecule has 0 aliphatic rings. The van der Waals surface area contributed by atoms with Gasteiger partial charge in [-0.2, -0.15) is 0 Å². The maximum atomic E-state index is 12.8. The lowest BCUT2D eigenvalue weighted by Gasteiger charge is -2.00. The first-order valence-corrected chi connectivity index (χ1v) is 3.59. The number of carbonyl (C=O) groups excluding carboxylic acids is 1. The molecule has 0 bridgehead atoms. The second-order valence-electron chi connectivity index (χ2n) is 2.35. The summed E-state index contributed by atoms with van der Waals surface area (Å²) in [4.78, 5) is 10.7. The molecule has 0 saturated heterocycles. The van der Waals surface area contributed by atoms with Crippen molar-refractivity contribution in [1.82, 2.24) is 0 Å². The minimum absolute atomic E-state index is 0.106. The monoisotopic (exact) mass is 188 g/mol. The van der Waals surface area contributed by atoms with Crippen molar-refractivity contribution in [2.75, 3.05) is 0 Å². The molecule has 0 unspecified atom stereocenters. The Balaban J connectivity index is 3.31. The molecule has 4 heteroatoms. The average molecular weight is 189 g/mol. The lowest BCUT2D eigenvalue weighted by molar-refractivity contribution is 0.101. The highest BCUT2D eigenvalue weighted by molar-refractivity contribution is 6.32. The molecular formula is C8H6ClFO2. The number of hydrogen-bond donors (Lipinski definition) is 1. The molecule has 2 nitrogen and oxygen atoms in total. The van der Waals surface area contributed by atoms with Crippen molar-refractivity contribution in [3.05, 3.63) is 28.5 Å². The minimum Gasteiger partial charge on any atom is -0.506 e. The number of Topliss-reactive ketones (excluding diaryl/α,β-unsaturated/α-hetero) is 1. The normalized spacial score (nSPS) is 9.92. The average Bonchev–Trinajstić information content (AvgIpc) is 1.99. The van der Waals surface area contributed by atoms with Gasteiger partial charge in [0, 0.05) is 5.56 Å². The van der Waals surface area contributed by atoms with Crippen molar-refractivity contribution >= 4 is 17.4 Å². The summed E-state index contributed by atoms with van der Waals surface area (Å²) in [6.45, 7) is 1.28. The molecule has 0 aromatic heterocycles. The predicted octanol–water partition coefficient (Wildman–Crippen LogP) is 2.39. The molecule has 0 heterocycles. The Morgan fingerprint density at radius 3 is 2.58 bits per heavy atom. The van der Waals surface area contributed by atoms with E-state index >= 15 is 0 Å². The topological polar surface area (TPSA) is 37.3 Å². The number of phenols is 1. The van der Waals surface area contributed by atoms with Crippen molar-refractivity contribution in [2.45, 2.75) is 6.92 Å². The molecule has 0 fully saturated rings. The van der Waals surface area contributed by atoms with Gasteiger partial charge in [0.1, 0.15) is 16.6 Å². The van der Waals surface area contributed by atoms with Crippen LogP contribution in [0.5, 0.6) is 5.75 Å². The van der Waals surface area contributed by atoms with E-state index in [0.29, 0.717) is 0 Å². The fourth-order valence-electron chi connectivity index (χ4n) is 0.778. The van der Waals surface area contributed by atoms with Crippen LogP contribution in [0, 0.1) is 5.82 Å². The second-order valence-corrected chi connectivity index (χ2v) is 2.73. The fourth-order valence-corrected chi connectivity index (χ4v) is 0.887. The van der Waals surface area contributed by atoms with Crippen LogP contribution in [-0.4, -0.2) is 10.9 Å². The van der Waals surface area contributed by atoms with Gasteiger partial charge < -0.3 is 5.11 Å². The maximum absolute atomic E-state index is 12.8. The van der Waals surface area contributed by atoms with Crippen LogP contribution in [0.1, 0.15) is 17.3 Å². The number of hydrogen-bond acceptors (Lipinski definition) is 2. The molecule has 1 N–H and O–H groups in total. The van der Waals surface area contributed by atoms with Crippen LogP contribution in [0.2, 0.25) is 5.02 Å². The summed E-state index contributed by atoms with van der Waals surface area (Å²) >= 11 is 5.32. The third-order valence-electron chi connectivity index (χ3n) is 1.42. The Labute approximate surface area is 73.6 Å². The molecule has 1 aromatic carbocycles. The van der Waals surface area contributed by atoms with E-state index in [9.17, 15) is 9.18 Å². The summed E-state index contributed by atoms with van der Waals surface area (Å²) in [6.07, 6.45) is 0. The van der Waals surface area contributed by atoms with Crippen LogP contribution in [0.3, 0.4) is 0 Å². The van der Waals surface area contributed by atoms with Crippen LogP contribution < -0.4 is 0 Å². The second kappa shape index (κ2) is 3.11. The smallest absolute Gasteiger partial charge is 0.160 e. The van der Waals surface area contributed by atoms with Gasteiger partial charge in [0.25, 0.3) is 0 Å². The van der Waals surface area contributed by atoms with Gasteiger partial charge in [0.2, 0.25) is 0 Å². The van der Waals surface area contributed by atoms with Gasteiger partial charge in [-0.15, -0.1) is 0 Å². The molecule has 1 aromatic rings. The van der Waals surface area contributed by atoms with E-state index in [0.717, 1.165) is 12.1 Å². The number of rotatable bonds is 1. The van der Waals surface area contributed by atoms with Crippen molar-refractivity contribution in [1.29, 1.82) is 0 Å². The first kappa shape index (κ1) is 9.00. The number of carbonyl (C=O) groups is 1. The predicted molar refractivity (Wildman–Crippen MR) is 43.1 cm³/mol. The van der Waals surface area contributed by atoms with Gasteiger partial charge >= 0.3 is 0 Å². The summed E-state index contributed by atoms with van der Waals surface area (Å²) in [5.74, 6) is -1.52. The van der Waals surface area contributed by atoms with Gasteiger partial charge in [-0.3, -0.25) is 4.79 Å². The highest BCUT2D eigenvalue weighted by atomic mass is 35.5. The number of aromatic hydroxyl groups is 1. The molecule has 0 aliphatic heterocycles. The SMILES string of the molecule is CC(=O)c1cc(O)c(Cl)c(F)c1. The van der Waals surface area contributed by atoms with E-state index in [4.69, 9.17) is 16.7 Å². The zero-order valence-electron chi connectivity index (χ0n) is 6.27. The van der Waals surface area contributed by atoms with E-state index < -0.39 is 11.6 Å². The zero-order valence-corrected chi connectivity index (χ0v) is 7.02. The summed E-state index contributed by atoms with van der Waals surface area (Å²) in [7, 11) is 0. The van der Waals surface area contributed by atoms with Crippen molar-refractivity contribution < 1.29 is 14.3 Å². The third kappa shape index (κ3) is 1.56. The summed E-state index contributed by atoms with van der Waals surface area (Å²) in [6, 6.07) is 2.12. The van der Waals surface area contributed by atoms with E-state index in [1.165, 1.54) is 6.92 Å². The Morgan fingerprint density at radius 2 is 2.17 bits per heavy atom. The minimum atomic E-state index is -0.790. The lowest BCUT2D eigenvalue weighted by atomic mass is 10.1. The van der Waals surface area contributed by atoms with Crippen LogP contribution in [-0.2, 0) is 0 Å². The summed E-state index contributed by atoms with van der Waals surface area (Å²) < 4.78 is 12.8. The first-order valence-electron chi connectivity index (χ1n) is 3.21. The summed E-state index contributed by atoms with van der Waals surface area (Å²) in [5.41, 5.74) is 0.106. The van der Waals surface area contributed by atoms with Gasteiger partial charge in [-0.05, 0) is 19.1 Å².